The Labute approximate surface area is 221 Å². The van der Waals surface area contributed by atoms with Crippen LogP contribution in [0.1, 0.15) is 34.2 Å². The van der Waals surface area contributed by atoms with E-state index in [1.807, 2.05) is 110 Å². The number of carboxylic acid groups (broad SMARTS) is 1. The fourth-order valence-electron chi connectivity index (χ4n) is 4.40. The lowest BCUT2D eigenvalue weighted by molar-refractivity contribution is -0.150. The van der Waals surface area contributed by atoms with Crippen LogP contribution in [0.4, 0.5) is 0 Å². The summed E-state index contributed by atoms with van der Waals surface area (Å²) in [5, 5.41) is 14.0. The van der Waals surface area contributed by atoms with Crippen molar-refractivity contribution in [2.24, 2.45) is 0 Å². The Morgan fingerprint density at radius 3 is 2.03 bits per heavy atom. The van der Waals surface area contributed by atoms with Crippen molar-refractivity contribution in [3.05, 3.63) is 142 Å². The van der Waals surface area contributed by atoms with Crippen molar-refractivity contribution >= 4 is 23.5 Å². The molecule has 0 spiro atoms. The first-order valence-electron chi connectivity index (χ1n) is 12.0. The molecule has 0 fully saturated rings. The summed E-state index contributed by atoms with van der Waals surface area (Å²) in [6, 6.07) is 32.7. The quantitative estimate of drug-likeness (QED) is 0.197. The zero-order chi connectivity index (χ0) is 26.3. The normalized spacial score (nSPS) is 13.4. The summed E-state index contributed by atoms with van der Waals surface area (Å²) in [6.07, 6.45) is -0.368. The van der Waals surface area contributed by atoms with Gasteiger partial charge in [0.1, 0.15) is 12.6 Å². The zero-order valence-corrected chi connectivity index (χ0v) is 21.2. The van der Waals surface area contributed by atoms with Gasteiger partial charge in [0.05, 0.1) is 12.0 Å². The van der Waals surface area contributed by atoms with Crippen molar-refractivity contribution < 1.29 is 19.4 Å². The molecule has 1 unspecified atom stereocenters. The minimum atomic E-state index is -1.26. The molecule has 6 heteroatoms. The Bertz CT molecular complexity index is 1340. The van der Waals surface area contributed by atoms with E-state index in [2.05, 4.69) is 5.32 Å². The predicted molar refractivity (Wildman–Crippen MR) is 144 cm³/mol. The smallest absolute Gasteiger partial charge is 0.321 e. The van der Waals surface area contributed by atoms with Gasteiger partial charge in [-0.1, -0.05) is 120 Å². The minimum Gasteiger partial charge on any atom is -0.480 e. The Morgan fingerprint density at radius 1 is 0.838 bits per heavy atom. The van der Waals surface area contributed by atoms with Crippen LogP contribution in [0, 0.1) is 6.92 Å². The molecular formula is C31H28ClNO4. The van der Waals surface area contributed by atoms with Gasteiger partial charge in [0.25, 0.3) is 0 Å². The largest absolute Gasteiger partial charge is 0.480 e. The minimum absolute atomic E-state index is 0.0678. The van der Waals surface area contributed by atoms with Gasteiger partial charge in [0.2, 0.25) is 0 Å². The maximum absolute atomic E-state index is 12.8. The third kappa shape index (κ3) is 6.08. The number of ether oxygens (including phenoxy) is 1. The SMILES string of the molecule is Cc1ccc(C(N[C@@H](CC(=O)OCc2ccccc2)C(=O)O)(c2ccccc2)c2ccccc2Cl)cc1. The second-order valence-electron chi connectivity index (χ2n) is 8.85. The van der Waals surface area contributed by atoms with Crippen LogP contribution in [0.3, 0.4) is 0 Å². The van der Waals surface area contributed by atoms with Gasteiger partial charge in [0.15, 0.2) is 0 Å². The molecule has 0 aliphatic carbocycles. The van der Waals surface area contributed by atoms with Crippen molar-refractivity contribution in [3.63, 3.8) is 0 Å². The highest BCUT2D eigenvalue weighted by atomic mass is 35.5. The Balaban J connectivity index is 1.77. The van der Waals surface area contributed by atoms with Gasteiger partial charge in [-0.25, -0.2) is 0 Å². The summed E-state index contributed by atoms with van der Waals surface area (Å²) in [4.78, 5) is 25.3. The fourth-order valence-corrected chi connectivity index (χ4v) is 4.68. The second kappa shape index (κ2) is 11.9. The molecule has 5 nitrogen and oxygen atoms in total. The third-order valence-corrected chi connectivity index (χ3v) is 6.60. The van der Waals surface area contributed by atoms with Gasteiger partial charge < -0.3 is 9.84 Å². The Morgan fingerprint density at radius 2 is 1.41 bits per heavy atom. The van der Waals surface area contributed by atoms with E-state index >= 15 is 0 Å². The standard InChI is InChI=1S/C31H28ClNO4/c1-22-16-18-25(19-17-22)31(24-12-6-3-7-13-24,26-14-8-9-15-27(26)32)33-28(30(35)36)20-29(34)37-21-23-10-4-2-5-11-23/h2-19,28,33H,20-21H2,1H3,(H,35,36)/t28-,31?/m0/s1. The lowest BCUT2D eigenvalue weighted by Crippen LogP contribution is -2.53. The zero-order valence-electron chi connectivity index (χ0n) is 20.4. The van der Waals surface area contributed by atoms with Crippen molar-refractivity contribution in [2.45, 2.75) is 31.5 Å². The monoisotopic (exact) mass is 513 g/mol. The number of rotatable bonds is 10. The number of carboxylic acids is 1. The molecule has 2 N–H and O–H groups in total. The summed E-state index contributed by atoms with van der Waals surface area (Å²) in [5.41, 5.74) is 2.98. The van der Waals surface area contributed by atoms with Crippen molar-refractivity contribution in [2.75, 3.05) is 0 Å². The summed E-state index contributed by atoms with van der Waals surface area (Å²) in [5.74, 6) is -1.79. The first-order chi connectivity index (χ1) is 17.9. The van der Waals surface area contributed by atoms with E-state index in [0.717, 1.165) is 22.3 Å². The van der Waals surface area contributed by atoms with E-state index in [9.17, 15) is 14.7 Å². The van der Waals surface area contributed by atoms with Crippen LogP contribution >= 0.6 is 11.6 Å². The van der Waals surface area contributed by atoms with E-state index in [1.54, 1.807) is 6.07 Å². The molecule has 0 aromatic heterocycles. The molecule has 0 amide bonds. The molecule has 0 bridgehead atoms. The lowest BCUT2D eigenvalue weighted by atomic mass is 9.76. The number of hydrogen-bond donors (Lipinski definition) is 2. The highest BCUT2D eigenvalue weighted by molar-refractivity contribution is 6.31. The average Bonchev–Trinajstić information content (AvgIpc) is 2.92. The van der Waals surface area contributed by atoms with Crippen molar-refractivity contribution in [1.82, 2.24) is 5.32 Å². The van der Waals surface area contributed by atoms with Crippen LogP contribution < -0.4 is 5.32 Å². The Hall–Kier alpha value is -3.93. The summed E-state index contributed by atoms with van der Waals surface area (Å²) in [7, 11) is 0. The molecule has 0 saturated heterocycles. The maximum Gasteiger partial charge on any atom is 0.321 e. The van der Waals surface area contributed by atoms with Gasteiger partial charge in [-0.2, -0.15) is 0 Å². The van der Waals surface area contributed by atoms with Crippen molar-refractivity contribution in [1.29, 1.82) is 0 Å². The highest BCUT2D eigenvalue weighted by Gasteiger charge is 2.41. The van der Waals surface area contributed by atoms with Gasteiger partial charge >= 0.3 is 11.9 Å². The molecule has 37 heavy (non-hydrogen) atoms. The number of benzene rings is 4. The summed E-state index contributed by atoms with van der Waals surface area (Å²) in [6.45, 7) is 2.05. The molecule has 0 radical (unpaired) electrons. The van der Waals surface area contributed by atoms with Crippen LogP contribution in [0.25, 0.3) is 0 Å². The lowest BCUT2D eigenvalue weighted by Gasteiger charge is -2.39. The number of aliphatic carboxylic acids is 1. The van der Waals surface area contributed by atoms with Crippen molar-refractivity contribution in [3.8, 4) is 0 Å². The van der Waals surface area contributed by atoms with E-state index in [-0.39, 0.29) is 13.0 Å². The van der Waals surface area contributed by atoms with Crippen LogP contribution in [0.2, 0.25) is 5.02 Å². The van der Waals surface area contributed by atoms with Crippen LogP contribution in [-0.4, -0.2) is 23.1 Å². The molecule has 0 saturated carbocycles. The fraction of sp³-hybridized carbons (Fsp3) is 0.161. The van der Waals surface area contributed by atoms with E-state index in [4.69, 9.17) is 16.3 Å². The molecule has 0 aliphatic heterocycles. The van der Waals surface area contributed by atoms with Crippen LogP contribution in [0.15, 0.2) is 109 Å². The van der Waals surface area contributed by atoms with Crippen LogP contribution in [0.5, 0.6) is 0 Å². The molecule has 2 atom stereocenters. The number of nitrogens with one attached hydrogen (secondary N) is 1. The van der Waals surface area contributed by atoms with E-state index in [0.29, 0.717) is 10.6 Å². The first-order valence-corrected chi connectivity index (χ1v) is 12.4. The van der Waals surface area contributed by atoms with E-state index in [1.165, 1.54) is 0 Å². The number of carbonyl (C=O) groups excluding carboxylic acids is 1. The molecule has 4 aromatic carbocycles. The summed E-state index contributed by atoms with van der Waals surface area (Å²) >= 11 is 6.75. The van der Waals surface area contributed by atoms with Gasteiger partial charge in [0, 0.05) is 5.02 Å². The molecule has 4 rings (SSSR count). The molecule has 4 aromatic rings. The molecule has 0 aliphatic rings. The van der Waals surface area contributed by atoms with E-state index < -0.39 is 23.5 Å². The maximum atomic E-state index is 12.8. The first kappa shape index (κ1) is 26.1. The Kier molecular flexibility index (Phi) is 8.39. The number of aryl methyl sites for hydroxylation is 1. The number of carbonyl (C=O) groups is 2. The molecule has 188 valence electrons. The average molecular weight is 514 g/mol. The second-order valence-corrected chi connectivity index (χ2v) is 9.25. The highest BCUT2D eigenvalue weighted by Crippen LogP contribution is 2.41. The third-order valence-electron chi connectivity index (χ3n) is 6.27. The number of esters is 1. The molecular weight excluding hydrogens is 486 g/mol. The van der Waals surface area contributed by atoms with Crippen LogP contribution in [-0.2, 0) is 26.5 Å². The topological polar surface area (TPSA) is 75.6 Å². The van der Waals surface area contributed by atoms with Gasteiger partial charge in [-0.05, 0) is 35.2 Å². The number of halogens is 1. The van der Waals surface area contributed by atoms with Gasteiger partial charge in [-0.15, -0.1) is 0 Å². The number of hydrogen-bond acceptors (Lipinski definition) is 4. The van der Waals surface area contributed by atoms with Gasteiger partial charge in [-0.3, -0.25) is 14.9 Å². The predicted octanol–water partition coefficient (Wildman–Crippen LogP) is 6.12. The molecule has 0 heterocycles. The summed E-state index contributed by atoms with van der Waals surface area (Å²) < 4.78 is 5.41.